The average molecular weight is 330 g/mol. The summed E-state index contributed by atoms with van der Waals surface area (Å²) in [7, 11) is 0. The lowest BCUT2D eigenvalue weighted by molar-refractivity contribution is -0.385. The molecule has 0 spiro atoms. The topological polar surface area (TPSA) is 110 Å². The van der Waals surface area contributed by atoms with Crippen LogP contribution < -0.4 is 10.9 Å². The van der Waals surface area contributed by atoms with E-state index in [2.05, 4.69) is 10.3 Å². The zero-order valence-corrected chi connectivity index (χ0v) is 12.1. The molecule has 2 N–H and O–H groups in total. The van der Waals surface area contributed by atoms with Crippen molar-refractivity contribution in [1.29, 1.82) is 0 Å². The van der Waals surface area contributed by atoms with E-state index in [-0.39, 0.29) is 18.0 Å². The molecule has 0 aliphatic rings. The maximum absolute atomic E-state index is 13.3. The summed E-state index contributed by atoms with van der Waals surface area (Å²) in [5, 5.41) is 23.1. The number of aromatic hydroxyl groups is 1. The number of rotatable bonds is 4. The van der Waals surface area contributed by atoms with Crippen LogP contribution in [0.1, 0.15) is 5.56 Å². The second-order valence-electron chi connectivity index (χ2n) is 4.94. The third-order valence-electron chi connectivity index (χ3n) is 3.37. The molecular weight excluding hydrogens is 319 g/mol. The van der Waals surface area contributed by atoms with Crippen molar-refractivity contribution in [3.63, 3.8) is 0 Å². The van der Waals surface area contributed by atoms with Gasteiger partial charge in [-0.2, -0.15) is 0 Å². The number of benzene rings is 1. The number of nitro groups is 1. The Bertz CT molecular complexity index is 1000. The predicted octanol–water partition coefficient (Wildman–Crippen LogP) is 2.06. The molecule has 24 heavy (non-hydrogen) atoms. The van der Waals surface area contributed by atoms with Crippen molar-refractivity contribution in [3.8, 4) is 5.75 Å². The Morgan fingerprint density at radius 2 is 2.12 bits per heavy atom. The number of phenols is 1. The number of fused-ring (bicyclic) bond motifs is 1. The van der Waals surface area contributed by atoms with Gasteiger partial charge >= 0.3 is 11.2 Å². The molecule has 0 fully saturated rings. The fraction of sp³-hybridized carbons (Fsp3) is 0.0667. The summed E-state index contributed by atoms with van der Waals surface area (Å²) in [4.78, 5) is 26.7. The molecule has 0 unspecified atom stereocenters. The van der Waals surface area contributed by atoms with Crippen molar-refractivity contribution in [3.05, 3.63) is 74.4 Å². The third kappa shape index (κ3) is 2.74. The van der Waals surface area contributed by atoms with Gasteiger partial charge in [-0.05, 0) is 29.8 Å². The first-order valence-corrected chi connectivity index (χ1v) is 6.84. The van der Waals surface area contributed by atoms with Crippen LogP contribution in [-0.2, 0) is 6.54 Å². The molecule has 0 aliphatic heterocycles. The lowest BCUT2D eigenvalue weighted by Gasteiger charge is -2.08. The van der Waals surface area contributed by atoms with E-state index in [1.165, 1.54) is 24.4 Å². The lowest BCUT2D eigenvalue weighted by atomic mass is 10.2. The Balaban J connectivity index is 2.01. The zero-order chi connectivity index (χ0) is 17.3. The van der Waals surface area contributed by atoms with Crippen LogP contribution in [0.25, 0.3) is 5.65 Å². The molecule has 0 aliphatic carbocycles. The van der Waals surface area contributed by atoms with Gasteiger partial charge in [0.1, 0.15) is 5.65 Å². The van der Waals surface area contributed by atoms with Gasteiger partial charge in [0, 0.05) is 12.7 Å². The van der Waals surface area contributed by atoms with Crippen molar-refractivity contribution < 1.29 is 14.4 Å². The van der Waals surface area contributed by atoms with Crippen LogP contribution >= 0.6 is 0 Å². The van der Waals surface area contributed by atoms with Crippen LogP contribution in [0.3, 0.4) is 0 Å². The quantitative estimate of drug-likeness (QED) is 0.560. The summed E-state index contributed by atoms with van der Waals surface area (Å²) in [6, 6.07) is 8.45. The highest BCUT2D eigenvalue weighted by atomic mass is 19.1. The summed E-state index contributed by atoms with van der Waals surface area (Å²) in [5.41, 5.74) is -0.843. The van der Waals surface area contributed by atoms with E-state index in [4.69, 9.17) is 5.11 Å². The van der Waals surface area contributed by atoms with E-state index >= 15 is 0 Å². The number of pyridine rings is 1. The number of anilines is 1. The van der Waals surface area contributed by atoms with Crippen LogP contribution in [0.15, 0.2) is 47.4 Å². The highest BCUT2D eigenvalue weighted by Crippen LogP contribution is 2.20. The van der Waals surface area contributed by atoms with E-state index in [9.17, 15) is 19.3 Å². The van der Waals surface area contributed by atoms with Gasteiger partial charge in [-0.15, -0.1) is 0 Å². The van der Waals surface area contributed by atoms with E-state index < -0.39 is 27.7 Å². The summed E-state index contributed by atoms with van der Waals surface area (Å²) in [6.45, 7) is -0.00646. The molecule has 0 amide bonds. The van der Waals surface area contributed by atoms with Gasteiger partial charge in [0.25, 0.3) is 0 Å². The van der Waals surface area contributed by atoms with Gasteiger partial charge < -0.3 is 10.4 Å². The molecule has 1 aromatic carbocycles. The average Bonchev–Trinajstić information content (AvgIpc) is 2.55. The first kappa shape index (κ1) is 15.4. The van der Waals surface area contributed by atoms with E-state index in [1.807, 2.05) is 0 Å². The van der Waals surface area contributed by atoms with Crippen LogP contribution in [0, 0.1) is 15.9 Å². The molecule has 2 heterocycles. The van der Waals surface area contributed by atoms with Gasteiger partial charge in [-0.25, -0.2) is 9.37 Å². The van der Waals surface area contributed by atoms with Gasteiger partial charge in [-0.3, -0.25) is 19.3 Å². The summed E-state index contributed by atoms with van der Waals surface area (Å²) >= 11 is 0. The maximum Gasteiger partial charge on any atom is 0.376 e. The molecule has 9 heteroatoms. The number of phenolic OH excluding ortho intramolecular Hbond substituents is 1. The SMILES string of the molecule is O=c1c([N+](=O)[O-])c(NCc2ccc(O)c(F)c2)nc2ccccn12. The monoisotopic (exact) mass is 330 g/mol. The fourth-order valence-electron chi connectivity index (χ4n) is 2.21. The van der Waals surface area contributed by atoms with Gasteiger partial charge in [0.2, 0.25) is 5.82 Å². The van der Waals surface area contributed by atoms with Crippen molar-refractivity contribution in [2.45, 2.75) is 6.54 Å². The Kier molecular flexibility index (Phi) is 3.82. The van der Waals surface area contributed by atoms with Crippen molar-refractivity contribution >= 4 is 17.2 Å². The van der Waals surface area contributed by atoms with Gasteiger partial charge in [-0.1, -0.05) is 12.1 Å². The number of aromatic nitrogens is 2. The minimum absolute atomic E-state index is 0.00646. The molecule has 2 aromatic heterocycles. The summed E-state index contributed by atoms with van der Waals surface area (Å²) in [5.74, 6) is -1.51. The Morgan fingerprint density at radius 1 is 1.33 bits per heavy atom. The normalized spacial score (nSPS) is 10.7. The van der Waals surface area contributed by atoms with Crippen molar-refractivity contribution in [2.75, 3.05) is 5.32 Å². The molecular formula is C15H11FN4O4. The third-order valence-corrected chi connectivity index (χ3v) is 3.37. The largest absolute Gasteiger partial charge is 0.505 e. The summed E-state index contributed by atoms with van der Waals surface area (Å²) < 4.78 is 14.4. The van der Waals surface area contributed by atoms with Crippen LogP contribution in [0.2, 0.25) is 0 Å². The van der Waals surface area contributed by atoms with Crippen LogP contribution in [-0.4, -0.2) is 19.4 Å². The maximum atomic E-state index is 13.3. The number of hydrogen-bond acceptors (Lipinski definition) is 6. The Labute approximate surface area is 134 Å². The Morgan fingerprint density at radius 3 is 2.83 bits per heavy atom. The molecule has 3 aromatic rings. The van der Waals surface area contributed by atoms with Crippen molar-refractivity contribution in [2.24, 2.45) is 0 Å². The number of hydrogen-bond donors (Lipinski definition) is 2. The summed E-state index contributed by atoms with van der Waals surface area (Å²) in [6.07, 6.45) is 1.39. The van der Waals surface area contributed by atoms with Gasteiger partial charge in [0.05, 0.1) is 4.92 Å². The molecule has 8 nitrogen and oxygen atoms in total. The van der Waals surface area contributed by atoms with E-state index in [0.29, 0.717) is 5.56 Å². The highest BCUT2D eigenvalue weighted by Gasteiger charge is 2.23. The van der Waals surface area contributed by atoms with E-state index in [1.54, 1.807) is 12.1 Å². The Hall–Kier alpha value is -3.49. The molecule has 122 valence electrons. The zero-order valence-electron chi connectivity index (χ0n) is 12.1. The molecule has 0 saturated heterocycles. The standard InChI is InChI=1S/C15H11FN4O4/c16-10-7-9(4-5-11(10)21)8-17-14-13(20(23)24)15(22)19-6-2-1-3-12(19)18-14/h1-7,17,21H,8H2. The van der Waals surface area contributed by atoms with Gasteiger partial charge in [0.15, 0.2) is 11.6 Å². The minimum Gasteiger partial charge on any atom is -0.505 e. The molecule has 0 bridgehead atoms. The first-order chi connectivity index (χ1) is 11.5. The first-order valence-electron chi connectivity index (χ1n) is 6.84. The van der Waals surface area contributed by atoms with Crippen molar-refractivity contribution in [1.82, 2.24) is 9.38 Å². The number of nitrogens with one attached hydrogen (secondary N) is 1. The highest BCUT2D eigenvalue weighted by molar-refractivity contribution is 5.59. The molecule has 0 saturated carbocycles. The minimum atomic E-state index is -0.815. The lowest BCUT2D eigenvalue weighted by Crippen LogP contribution is -2.21. The molecule has 0 radical (unpaired) electrons. The smallest absolute Gasteiger partial charge is 0.376 e. The predicted molar refractivity (Wildman–Crippen MR) is 83.5 cm³/mol. The number of halogens is 1. The van der Waals surface area contributed by atoms with Crippen LogP contribution in [0.4, 0.5) is 15.9 Å². The van der Waals surface area contributed by atoms with E-state index in [0.717, 1.165) is 10.5 Å². The molecule has 0 atom stereocenters. The second-order valence-corrected chi connectivity index (χ2v) is 4.94. The number of nitrogens with zero attached hydrogens (tertiary/aromatic N) is 3. The second kappa shape index (κ2) is 5.95. The molecule has 3 rings (SSSR count). The van der Waals surface area contributed by atoms with Crippen LogP contribution in [0.5, 0.6) is 5.75 Å². The fourth-order valence-corrected chi connectivity index (χ4v) is 2.21.